The predicted molar refractivity (Wildman–Crippen MR) is 327 cm³/mol. The summed E-state index contributed by atoms with van der Waals surface area (Å²) in [6.07, 6.45) is 7.28. The number of fused-ring (bicyclic) bond motifs is 8. The third-order valence-corrected chi connectivity index (χ3v) is 21.6. The largest absolute Gasteiger partial charge is 0.311 e. The highest BCUT2D eigenvalue weighted by Gasteiger charge is 2.53. The molecule has 74 heavy (non-hydrogen) atoms. The maximum absolute atomic E-state index is 7.46. The first-order valence-corrected chi connectivity index (χ1v) is 28.7. The molecule has 0 amide bonds. The van der Waals surface area contributed by atoms with Gasteiger partial charge in [-0.05, 0) is 186 Å². The molecule has 7 aliphatic rings. The van der Waals surface area contributed by atoms with Crippen LogP contribution in [0.4, 0.5) is 34.1 Å². The van der Waals surface area contributed by atoms with Gasteiger partial charge in [0.1, 0.15) is 31.4 Å². The van der Waals surface area contributed by atoms with Crippen molar-refractivity contribution in [3.63, 3.8) is 0 Å². The zero-order valence-electron chi connectivity index (χ0n) is 47.9. The highest BCUT2D eigenvalue weighted by atomic mass is 32.1. The van der Waals surface area contributed by atoms with Crippen molar-refractivity contribution in [1.29, 1.82) is 0 Å². The van der Waals surface area contributed by atoms with Crippen molar-refractivity contribution < 1.29 is 0 Å². The molecule has 6 aromatic rings. The number of hydrogen-bond acceptors (Lipinski definition) is 3. The van der Waals surface area contributed by atoms with Crippen molar-refractivity contribution in [2.45, 2.75) is 206 Å². The third-order valence-electron chi connectivity index (χ3n) is 20.0. The number of nitrogens with zero attached hydrogens (tertiary/aromatic N) is 2. The van der Waals surface area contributed by atoms with Crippen LogP contribution in [0.15, 0.2) is 60.7 Å². The molecule has 1 atom stereocenters. The Morgan fingerprint density at radius 3 is 1.68 bits per heavy atom. The molecular formula is C66H75B5N2S. The summed E-state index contributed by atoms with van der Waals surface area (Å²) in [5, 5.41) is 0. The molecule has 5 aromatic carbocycles. The fourth-order valence-electron chi connectivity index (χ4n) is 14.8. The minimum absolute atomic E-state index is 0.0131. The molecule has 5 heterocycles. The van der Waals surface area contributed by atoms with E-state index in [2.05, 4.69) is 200 Å². The molecule has 1 unspecified atom stereocenters. The van der Waals surface area contributed by atoms with E-state index in [0.717, 1.165) is 54.5 Å². The van der Waals surface area contributed by atoms with Crippen LogP contribution in [0.2, 0.25) is 0 Å². The molecule has 4 aliphatic heterocycles. The van der Waals surface area contributed by atoms with E-state index in [-0.39, 0.29) is 50.0 Å². The molecular weight excluding hydrogens is 907 g/mol. The zero-order valence-corrected chi connectivity index (χ0v) is 48.7. The summed E-state index contributed by atoms with van der Waals surface area (Å²) >= 11 is 2.12. The molecule has 2 nitrogen and oxygen atoms in total. The van der Waals surface area contributed by atoms with Gasteiger partial charge >= 0.3 is 0 Å². The summed E-state index contributed by atoms with van der Waals surface area (Å²) < 4.78 is 1.47. The maximum Gasteiger partial charge on any atom is 0.264 e. The number of anilines is 6. The summed E-state index contributed by atoms with van der Waals surface area (Å²) in [6.45, 7) is 41.3. The van der Waals surface area contributed by atoms with Gasteiger partial charge in [-0.25, -0.2) is 0 Å². The molecule has 0 saturated carbocycles. The first-order valence-electron chi connectivity index (χ1n) is 27.9. The predicted octanol–water partition coefficient (Wildman–Crippen LogP) is 11.9. The molecule has 0 spiro atoms. The quantitative estimate of drug-likeness (QED) is 0.151. The van der Waals surface area contributed by atoms with Gasteiger partial charge in [0.15, 0.2) is 0 Å². The van der Waals surface area contributed by atoms with E-state index in [1.54, 1.807) is 10.4 Å². The summed E-state index contributed by atoms with van der Waals surface area (Å²) in [5.74, 6) is 0. The van der Waals surface area contributed by atoms with Crippen molar-refractivity contribution in [1.82, 2.24) is 0 Å². The van der Waals surface area contributed by atoms with E-state index in [0.29, 0.717) is 28.3 Å². The normalized spacial score (nSPS) is 21.9. The lowest BCUT2D eigenvalue weighted by atomic mass is 9.35. The average molecular weight is 982 g/mol. The first kappa shape index (κ1) is 50.5. The van der Waals surface area contributed by atoms with Crippen molar-refractivity contribution in [2.75, 3.05) is 9.80 Å². The average Bonchev–Trinajstić information content (AvgIpc) is 3.74. The highest BCUT2D eigenvalue weighted by molar-refractivity contribution is 7.29. The van der Waals surface area contributed by atoms with Crippen molar-refractivity contribution >= 4 is 121 Å². The Labute approximate surface area is 455 Å². The monoisotopic (exact) mass is 983 g/mol. The molecule has 13 rings (SSSR count). The van der Waals surface area contributed by atoms with Crippen LogP contribution in [0, 0.1) is 0 Å². The van der Waals surface area contributed by atoms with E-state index in [1.807, 2.05) is 0 Å². The van der Waals surface area contributed by atoms with Gasteiger partial charge in [-0.3, -0.25) is 0 Å². The van der Waals surface area contributed by atoms with Crippen molar-refractivity contribution in [3.8, 4) is 11.1 Å². The second-order valence-corrected chi connectivity index (χ2v) is 30.7. The van der Waals surface area contributed by atoms with E-state index in [1.165, 1.54) is 83.9 Å². The van der Waals surface area contributed by atoms with Gasteiger partial charge in [-0.2, -0.15) is 11.3 Å². The first-order chi connectivity index (χ1) is 34.2. The summed E-state index contributed by atoms with van der Waals surface area (Å²) in [5.41, 5.74) is 23.9. The molecule has 0 fully saturated rings. The van der Waals surface area contributed by atoms with Gasteiger partial charge < -0.3 is 9.80 Å². The van der Waals surface area contributed by atoms with Gasteiger partial charge in [0.2, 0.25) is 0 Å². The molecule has 8 radical (unpaired) electrons. The topological polar surface area (TPSA) is 6.48 Å². The Morgan fingerprint density at radius 1 is 0.500 bits per heavy atom. The molecule has 3 aliphatic carbocycles. The maximum atomic E-state index is 7.46. The number of thiophene rings is 1. The van der Waals surface area contributed by atoms with Crippen LogP contribution in [0.25, 0.3) is 11.1 Å². The summed E-state index contributed by atoms with van der Waals surface area (Å²) in [4.78, 5) is 6.96. The minimum atomic E-state index is -0.301. The highest BCUT2D eigenvalue weighted by Crippen LogP contribution is 2.59. The lowest BCUT2D eigenvalue weighted by Crippen LogP contribution is -2.61. The van der Waals surface area contributed by atoms with Crippen molar-refractivity contribution in [2.24, 2.45) is 0 Å². The van der Waals surface area contributed by atoms with Gasteiger partial charge in [-0.15, -0.1) is 10.9 Å². The number of rotatable bonds is 1. The fraction of sp³-hybridized carbons (Fsp3) is 0.485. The van der Waals surface area contributed by atoms with Gasteiger partial charge in [-0.1, -0.05) is 152 Å². The smallest absolute Gasteiger partial charge is 0.264 e. The SMILES string of the molecule is [B]c1c([B])c2c([B])c([B])c1CC1(C)CCC(C)(C)c3cc4c(cc31)N(c1ccc(C(C)(C)C)cc1-2)c1cc(C(C)(C)C)cc2c1B4c1sc3c(c1N2c1ccc2c(c1)C(C)(C)CCC2(C)C)C(C)(C)CCC3(C)C. The van der Waals surface area contributed by atoms with Crippen molar-refractivity contribution in [3.05, 3.63) is 110 Å². The number of hydrogen-bond donors (Lipinski definition) is 0. The van der Waals surface area contributed by atoms with Crippen LogP contribution in [0.5, 0.6) is 0 Å². The second-order valence-electron chi connectivity index (χ2n) is 29.6. The molecule has 370 valence electrons. The molecule has 0 N–H and O–H groups in total. The standard InChI is InChI=1S/C66H75B5N2S/c1-59(2,3)35-18-21-45-38(28-35)49-53(69)51(67)39(52(68)54(49)70)34-66(17)27-26-63(11,12)42-32-44-46(33-43(42)66)73(45)48-30-36(60(4,5)6)29-47-55(48)71(44)58-56(50-57(74-58)65(15,16)25-24-64(50,13)14)72(47)37-19-20-40-41(31-37)62(9,10)23-22-61(40,7)8/h18-21,28-33H,22-27,34H2,1-17H3. The second kappa shape index (κ2) is 15.5. The summed E-state index contributed by atoms with van der Waals surface area (Å²) in [6, 6.07) is 25.1. The summed E-state index contributed by atoms with van der Waals surface area (Å²) in [7, 11) is 29.6. The lowest BCUT2D eigenvalue weighted by molar-refractivity contribution is 0.311. The van der Waals surface area contributed by atoms with E-state index in [9.17, 15) is 0 Å². The van der Waals surface area contributed by atoms with Crippen LogP contribution in [0.1, 0.15) is 206 Å². The van der Waals surface area contributed by atoms with Crippen LogP contribution >= 0.6 is 11.3 Å². The van der Waals surface area contributed by atoms with E-state index in [4.69, 9.17) is 31.4 Å². The lowest BCUT2D eigenvalue weighted by Gasteiger charge is -2.49. The Balaban J connectivity index is 1.29. The van der Waals surface area contributed by atoms with Crippen LogP contribution in [-0.4, -0.2) is 38.1 Å². The van der Waals surface area contributed by atoms with Crippen LogP contribution < -0.4 is 47.4 Å². The van der Waals surface area contributed by atoms with Gasteiger partial charge in [0, 0.05) is 38.0 Å². The molecule has 4 bridgehead atoms. The molecule has 8 heteroatoms. The minimum Gasteiger partial charge on any atom is -0.311 e. The zero-order chi connectivity index (χ0) is 53.3. The Hall–Kier alpha value is -4.28. The van der Waals surface area contributed by atoms with Crippen LogP contribution in [0.3, 0.4) is 0 Å². The Bertz CT molecular complexity index is 3430. The van der Waals surface area contributed by atoms with E-state index >= 15 is 0 Å². The van der Waals surface area contributed by atoms with E-state index < -0.39 is 0 Å². The third kappa shape index (κ3) is 6.99. The van der Waals surface area contributed by atoms with Crippen LogP contribution in [-0.2, 0) is 49.7 Å². The van der Waals surface area contributed by atoms with Gasteiger partial charge in [0.05, 0.1) is 11.4 Å². The number of benzene rings is 5. The Morgan fingerprint density at radius 2 is 1.05 bits per heavy atom. The Kier molecular flexibility index (Phi) is 10.6. The fourth-order valence-corrected chi connectivity index (χ4v) is 16.5. The molecule has 0 saturated heterocycles. The molecule has 1 aromatic heterocycles. The van der Waals surface area contributed by atoms with Gasteiger partial charge in [0.25, 0.3) is 6.71 Å².